The lowest BCUT2D eigenvalue weighted by Crippen LogP contribution is -2.28. The molecule has 1 aliphatic rings. The molecule has 1 fully saturated rings. The Morgan fingerprint density at radius 1 is 1.20 bits per heavy atom. The van der Waals surface area contributed by atoms with E-state index in [0.29, 0.717) is 36.0 Å². The summed E-state index contributed by atoms with van der Waals surface area (Å²) in [6.07, 6.45) is 2.32. The maximum atomic E-state index is 12.9. The number of hydrogen-bond donors (Lipinski definition) is 1. The summed E-state index contributed by atoms with van der Waals surface area (Å²) in [5.74, 6) is 0.196. The van der Waals surface area contributed by atoms with E-state index in [0.717, 1.165) is 17.7 Å². The van der Waals surface area contributed by atoms with Crippen molar-refractivity contribution in [1.82, 2.24) is 4.31 Å². The molecule has 0 aromatic heterocycles. The lowest BCUT2D eigenvalue weighted by Gasteiger charge is -2.19. The molecule has 6 nitrogen and oxygen atoms in total. The van der Waals surface area contributed by atoms with Gasteiger partial charge in [-0.05, 0) is 61.7 Å². The molecule has 3 rings (SSSR count). The van der Waals surface area contributed by atoms with Gasteiger partial charge in [0.1, 0.15) is 5.75 Å². The largest absolute Gasteiger partial charge is 0.495 e. The highest BCUT2D eigenvalue weighted by Crippen LogP contribution is 2.32. The molecule has 0 aliphatic carbocycles. The van der Waals surface area contributed by atoms with E-state index in [1.165, 1.54) is 35.3 Å². The van der Waals surface area contributed by atoms with E-state index >= 15 is 0 Å². The molecule has 1 N–H and O–H groups in total. The van der Waals surface area contributed by atoms with Gasteiger partial charge in [-0.1, -0.05) is 18.5 Å². The number of halogens is 1. The SMILES string of the molecule is CC[C@@H](Sc1ccc(Cl)cc1)C(=O)Nc1cc(S(=O)(=O)N2CCCC2)ccc1OC. The van der Waals surface area contributed by atoms with Crippen molar-refractivity contribution in [1.29, 1.82) is 0 Å². The average molecular weight is 469 g/mol. The molecule has 0 unspecified atom stereocenters. The van der Waals surface area contributed by atoms with Crippen molar-refractivity contribution in [3.05, 3.63) is 47.5 Å². The van der Waals surface area contributed by atoms with Crippen molar-refractivity contribution in [2.75, 3.05) is 25.5 Å². The van der Waals surface area contributed by atoms with Gasteiger partial charge in [0.05, 0.1) is 22.9 Å². The lowest BCUT2D eigenvalue weighted by atomic mass is 10.2. The molecule has 1 amide bonds. The van der Waals surface area contributed by atoms with Crippen LogP contribution in [0.15, 0.2) is 52.3 Å². The number of ether oxygens (including phenoxy) is 1. The lowest BCUT2D eigenvalue weighted by molar-refractivity contribution is -0.115. The molecular weight excluding hydrogens is 444 g/mol. The maximum absolute atomic E-state index is 12.9. The Balaban J connectivity index is 1.81. The number of thioether (sulfide) groups is 1. The van der Waals surface area contributed by atoms with E-state index in [1.807, 2.05) is 19.1 Å². The predicted molar refractivity (Wildman–Crippen MR) is 121 cm³/mol. The van der Waals surface area contributed by atoms with Crippen LogP contribution in [-0.2, 0) is 14.8 Å². The van der Waals surface area contributed by atoms with Gasteiger partial charge in [0, 0.05) is 23.0 Å². The van der Waals surface area contributed by atoms with E-state index in [9.17, 15) is 13.2 Å². The molecule has 1 saturated heterocycles. The highest BCUT2D eigenvalue weighted by Gasteiger charge is 2.28. The molecule has 0 radical (unpaired) electrons. The van der Waals surface area contributed by atoms with Crippen LogP contribution in [-0.4, -0.2) is 44.1 Å². The zero-order valence-corrected chi connectivity index (χ0v) is 19.3. The Morgan fingerprint density at radius 2 is 1.87 bits per heavy atom. The van der Waals surface area contributed by atoms with E-state index in [1.54, 1.807) is 18.2 Å². The molecule has 1 heterocycles. The zero-order chi connectivity index (χ0) is 21.7. The molecule has 0 bridgehead atoms. The molecular formula is C21H25ClN2O4S2. The molecule has 9 heteroatoms. The molecule has 0 spiro atoms. The molecule has 2 aromatic carbocycles. The zero-order valence-electron chi connectivity index (χ0n) is 16.9. The van der Waals surface area contributed by atoms with Crippen LogP contribution in [0, 0.1) is 0 Å². The number of nitrogens with zero attached hydrogens (tertiary/aromatic N) is 1. The van der Waals surface area contributed by atoms with Crippen molar-refractivity contribution in [2.24, 2.45) is 0 Å². The van der Waals surface area contributed by atoms with Crippen LogP contribution in [0.4, 0.5) is 5.69 Å². The van der Waals surface area contributed by atoms with Gasteiger partial charge in [0.25, 0.3) is 0 Å². The van der Waals surface area contributed by atoms with E-state index in [-0.39, 0.29) is 16.1 Å². The van der Waals surface area contributed by atoms with Crippen LogP contribution in [0.25, 0.3) is 0 Å². The highest BCUT2D eigenvalue weighted by molar-refractivity contribution is 8.00. The number of methoxy groups -OCH3 is 1. The Morgan fingerprint density at radius 3 is 2.47 bits per heavy atom. The Bertz CT molecular complexity index is 991. The molecule has 30 heavy (non-hydrogen) atoms. The van der Waals surface area contributed by atoms with E-state index in [2.05, 4.69) is 5.32 Å². The summed E-state index contributed by atoms with van der Waals surface area (Å²) in [6.45, 7) is 2.97. The monoisotopic (exact) mass is 468 g/mol. The third-order valence-corrected chi connectivity index (χ3v) is 8.41. The highest BCUT2D eigenvalue weighted by atomic mass is 35.5. The smallest absolute Gasteiger partial charge is 0.243 e. The van der Waals surface area contributed by atoms with Gasteiger partial charge >= 0.3 is 0 Å². The predicted octanol–water partition coefficient (Wildman–Crippen LogP) is 4.64. The summed E-state index contributed by atoms with van der Waals surface area (Å²) in [6, 6.07) is 11.9. The van der Waals surface area contributed by atoms with Crippen molar-refractivity contribution >= 4 is 45.0 Å². The summed E-state index contributed by atoms with van der Waals surface area (Å²) in [5, 5.41) is 3.14. The number of nitrogens with one attached hydrogen (secondary N) is 1. The van der Waals surface area contributed by atoms with Crippen LogP contribution >= 0.6 is 23.4 Å². The minimum Gasteiger partial charge on any atom is -0.495 e. The van der Waals surface area contributed by atoms with Crippen LogP contribution in [0.3, 0.4) is 0 Å². The number of rotatable bonds is 8. The molecule has 1 aliphatic heterocycles. The summed E-state index contributed by atoms with van der Waals surface area (Å²) >= 11 is 7.36. The molecule has 0 saturated carbocycles. The van der Waals surface area contributed by atoms with Gasteiger partial charge in [-0.3, -0.25) is 4.79 Å². The van der Waals surface area contributed by atoms with Gasteiger partial charge in [-0.2, -0.15) is 4.31 Å². The first-order valence-corrected chi connectivity index (χ1v) is 12.5. The van der Waals surface area contributed by atoms with Gasteiger partial charge in [-0.25, -0.2) is 8.42 Å². The fourth-order valence-electron chi connectivity index (χ4n) is 3.24. The number of sulfonamides is 1. The van der Waals surface area contributed by atoms with E-state index < -0.39 is 10.0 Å². The molecule has 2 aromatic rings. The second kappa shape index (κ2) is 10.0. The number of hydrogen-bond acceptors (Lipinski definition) is 5. The van der Waals surface area contributed by atoms with E-state index in [4.69, 9.17) is 16.3 Å². The topological polar surface area (TPSA) is 75.7 Å². The normalized spacial score (nSPS) is 15.7. The first-order valence-electron chi connectivity index (χ1n) is 9.76. The van der Waals surface area contributed by atoms with Crippen LogP contribution in [0.5, 0.6) is 5.75 Å². The fraction of sp³-hybridized carbons (Fsp3) is 0.381. The second-order valence-electron chi connectivity index (χ2n) is 6.93. The summed E-state index contributed by atoms with van der Waals surface area (Å²) in [7, 11) is -2.11. The maximum Gasteiger partial charge on any atom is 0.243 e. The van der Waals surface area contributed by atoms with Gasteiger partial charge < -0.3 is 10.1 Å². The summed E-state index contributed by atoms with van der Waals surface area (Å²) in [5.41, 5.74) is 0.345. The Labute approximate surface area is 187 Å². The molecule has 162 valence electrons. The van der Waals surface area contributed by atoms with Crippen LogP contribution < -0.4 is 10.1 Å². The summed E-state index contributed by atoms with van der Waals surface area (Å²) in [4.78, 5) is 14.0. The molecule has 1 atom stereocenters. The van der Waals surface area contributed by atoms with Crippen LogP contribution in [0.1, 0.15) is 26.2 Å². The van der Waals surface area contributed by atoms with Gasteiger partial charge in [0.2, 0.25) is 15.9 Å². The second-order valence-corrected chi connectivity index (χ2v) is 10.6. The first-order chi connectivity index (χ1) is 14.3. The van der Waals surface area contributed by atoms with Crippen molar-refractivity contribution < 1.29 is 17.9 Å². The Kier molecular flexibility index (Phi) is 7.68. The quantitative estimate of drug-likeness (QED) is 0.571. The van der Waals surface area contributed by atoms with Gasteiger partial charge in [-0.15, -0.1) is 11.8 Å². The minimum atomic E-state index is -3.59. The number of anilines is 1. The standard InChI is InChI=1S/C21H25ClN2O4S2/c1-3-20(29-16-8-6-15(22)7-9-16)21(25)23-18-14-17(10-11-19(18)28-2)30(26,27)24-12-4-5-13-24/h6-11,14,20H,3-5,12-13H2,1-2H3,(H,23,25)/t20-/m1/s1. The van der Waals surface area contributed by atoms with Crippen LogP contribution in [0.2, 0.25) is 5.02 Å². The summed E-state index contributed by atoms with van der Waals surface area (Å²) < 4.78 is 32.6. The Hall–Kier alpha value is -1.74. The third kappa shape index (κ3) is 5.29. The first kappa shape index (κ1) is 22.9. The van der Waals surface area contributed by atoms with Gasteiger partial charge in [0.15, 0.2) is 0 Å². The minimum absolute atomic E-state index is 0.152. The number of carbonyl (C=O) groups is 1. The number of benzene rings is 2. The number of carbonyl (C=O) groups excluding carboxylic acids is 1. The van der Waals surface area contributed by atoms with Crippen molar-refractivity contribution in [3.8, 4) is 5.75 Å². The average Bonchev–Trinajstić information content (AvgIpc) is 3.29. The third-order valence-electron chi connectivity index (χ3n) is 4.89. The van der Waals surface area contributed by atoms with Crippen molar-refractivity contribution in [3.63, 3.8) is 0 Å². The fourth-order valence-corrected chi connectivity index (χ4v) is 5.86. The van der Waals surface area contributed by atoms with Crippen molar-refractivity contribution in [2.45, 2.75) is 41.2 Å². The number of amides is 1.